The number of hydrogen-bond donors (Lipinski definition) is 0. The maximum Gasteiger partial charge on any atom is 0.187 e. The number of anilines is 1. The minimum absolute atomic E-state index is 0. The Morgan fingerprint density at radius 2 is 2.00 bits per heavy atom. The Hall–Kier alpha value is -1.60. The van der Waals surface area contributed by atoms with Crippen LogP contribution >= 0.6 is 0 Å². The van der Waals surface area contributed by atoms with E-state index in [2.05, 4.69) is 15.0 Å². The van der Waals surface area contributed by atoms with Crippen LogP contribution in [0.25, 0.3) is 11.0 Å². The molecular formula is C17H23N3O3S. The predicted octanol–water partition coefficient (Wildman–Crippen LogP) is 2.29. The van der Waals surface area contributed by atoms with Gasteiger partial charge in [0, 0.05) is 19.1 Å². The summed E-state index contributed by atoms with van der Waals surface area (Å²) in [6, 6.07) is 5.59. The summed E-state index contributed by atoms with van der Waals surface area (Å²) in [5.74, 6) is 0.958. The van der Waals surface area contributed by atoms with E-state index in [4.69, 9.17) is 4.52 Å². The number of para-hydroxylation sites is 1. The van der Waals surface area contributed by atoms with Gasteiger partial charge in [-0.25, -0.2) is 8.42 Å². The largest absolute Gasteiger partial charge is 0.353 e. The highest BCUT2D eigenvalue weighted by molar-refractivity contribution is 7.91. The number of piperidine rings is 1. The number of hydrogen-bond acceptors (Lipinski definition) is 6. The molecule has 1 aromatic heterocycles. The average molecular weight is 349 g/mol. The monoisotopic (exact) mass is 349 g/mol. The second kappa shape index (κ2) is 5.46. The van der Waals surface area contributed by atoms with Crippen molar-refractivity contribution >= 4 is 26.6 Å². The highest BCUT2D eigenvalue weighted by atomic mass is 32.2. The molecule has 24 heavy (non-hydrogen) atoms. The minimum atomic E-state index is -3.39. The van der Waals surface area contributed by atoms with Crippen molar-refractivity contribution in [1.82, 2.24) is 10.1 Å². The third-order valence-corrected chi connectivity index (χ3v) is 7.35. The van der Waals surface area contributed by atoms with E-state index in [1.54, 1.807) is 12.1 Å². The van der Waals surface area contributed by atoms with Crippen LogP contribution in [0.4, 0.5) is 5.82 Å². The van der Waals surface area contributed by atoms with E-state index in [1.165, 1.54) is 12.8 Å². The van der Waals surface area contributed by atoms with Crippen LogP contribution in [0, 0.1) is 0 Å². The quantitative estimate of drug-likeness (QED) is 0.727. The average Bonchev–Trinajstić information content (AvgIpc) is 2.99. The van der Waals surface area contributed by atoms with Gasteiger partial charge in [0.1, 0.15) is 4.90 Å². The van der Waals surface area contributed by atoms with Crippen LogP contribution < -0.4 is 4.90 Å². The molecule has 4 heterocycles. The number of rotatable bonds is 0. The summed E-state index contributed by atoms with van der Waals surface area (Å²) < 4.78 is 31.4. The summed E-state index contributed by atoms with van der Waals surface area (Å²) in [5, 5.41) is 5.06. The van der Waals surface area contributed by atoms with Gasteiger partial charge in [-0.05, 0) is 31.5 Å². The van der Waals surface area contributed by atoms with Crippen molar-refractivity contribution in [3.63, 3.8) is 0 Å². The Balaban J connectivity index is 0.00000146. The third kappa shape index (κ3) is 2.10. The van der Waals surface area contributed by atoms with Gasteiger partial charge < -0.3 is 9.42 Å². The number of sulfone groups is 1. The van der Waals surface area contributed by atoms with Gasteiger partial charge in [-0.1, -0.05) is 25.1 Å². The van der Waals surface area contributed by atoms with E-state index >= 15 is 0 Å². The molecule has 6 nitrogen and oxygen atoms in total. The highest BCUT2D eigenvalue weighted by Crippen LogP contribution is 2.39. The molecule has 2 saturated heterocycles. The fourth-order valence-electron chi connectivity index (χ4n) is 4.49. The van der Waals surface area contributed by atoms with Crippen LogP contribution in [0.5, 0.6) is 0 Å². The van der Waals surface area contributed by atoms with Crippen molar-refractivity contribution in [2.75, 3.05) is 30.3 Å². The van der Waals surface area contributed by atoms with Crippen LogP contribution in [0.1, 0.15) is 26.7 Å². The Bertz CT molecular complexity index is 876. The summed E-state index contributed by atoms with van der Waals surface area (Å²) in [5.41, 5.74) is 0.409. The Morgan fingerprint density at radius 1 is 1.12 bits per heavy atom. The van der Waals surface area contributed by atoms with E-state index < -0.39 is 9.84 Å². The molecular weight excluding hydrogens is 326 g/mol. The van der Waals surface area contributed by atoms with Gasteiger partial charge in [0.25, 0.3) is 0 Å². The molecule has 0 radical (unpaired) electrons. The van der Waals surface area contributed by atoms with Crippen molar-refractivity contribution in [2.45, 2.75) is 43.7 Å². The number of piperazine rings is 1. The van der Waals surface area contributed by atoms with Crippen molar-refractivity contribution < 1.29 is 12.9 Å². The van der Waals surface area contributed by atoms with Crippen molar-refractivity contribution in [3.05, 3.63) is 18.2 Å². The first-order valence-corrected chi connectivity index (χ1v) is 9.92. The second-order valence-electron chi connectivity index (χ2n) is 6.78. The van der Waals surface area contributed by atoms with Crippen LogP contribution in [0.3, 0.4) is 0 Å². The number of fused-ring (bicyclic) bond motifs is 4. The lowest BCUT2D eigenvalue weighted by Gasteiger charge is -2.50. The number of benzene rings is 1. The summed E-state index contributed by atoms with van der Waals surface area (Å²) in [7, 11) is -3.39. The summed E-state index contributed by atoms with van der Waals surface area (Å²) in [6.07, 6.45) is 3.44. The van der Waals surface area contributed by atoms with Gasteiger partial charge in [-0.15, -0.1) is 0 Å². The maximum atomic E-state index is 13.0. The lowest BCUT2D eigenvalue weighted by molar-refractivity contribution is 0.106. The van der Waals surface area contributed by atoms with E-state index in [0.717, 1.165) is 37.3 Å². The first-order valence-electron chi connectivity index (χ1n) is 8.27. The maximum absolute atomic E-state index is 13.0. The molecule has 0 aliphatic carbocycles. The topological polar surface area (TPSA) is 66.7 Å². The normalized spacial score (nSPS) is 28.6. The zero-order valence-electron chi connectivity index (χ0n) is 12.8. The minimum Gasteiger partial charge on any atom is -0.353 e. The molecule has 1 aromatic carbocycles. The molecule has 2 atom stereocenters. The van der Waals surface area contributed by atoms with Gasteiger partial charge in [-0.3, -0.25) is 4.90 Å². The SMILES string of the molecule is C.O=S1(=O)CC2[C@@H]3CCCCN3CCN2c2noc3c1cccc23. The number of nitrogens with zero attached hydrogens (tertiary/aromatic N) is 3. The second-order valence-corrected chi connectivity index (χ2v) is 8.78. The van der Waals surface area contributed by atoms with Gasteiger partial charge >= 0.3 is 0 Å². The van der Waals surface area contributed by atoms with Crippen molar-refractivity contribution in [3.8, 4) is 0 Å². The fourth-order valence-corrected chi connectivity index (χ4v) is 6.24. The molecule has 3 aliphatic rings. The molecule has 3 aliphatic heterocycles. The number of aromatic nitrogens is 1. The van der Waals surface area contributed by atoms with Crippen LogP contribution in [0.15, 0.2) is 27.6 Å². The Kier molecular flexibility index (Phi) is 3.61. The smallest absolute Gasteiger partial charge is 0.187 e. The summed E-state index contributed by atoms with van der Waals surface area (Å²) in [4.78, 5) is 4.94. The third-order valence-electron chi connectivity index (χ3n) is 5.58. The van der Waals surface area contributed by atoms with E-state index in [1.807, 2.05) is 6.07 Å². The highest BCUT2D eigenvalue weighted by Gasteiger charge is 2.43. The molecule has 2 fully saturated rings. The zero-order chi connectivity index (χ0) is 15.6. The molecule has 1 unspecified atom stereocenters. The van der Waals surface area contributed by atoms with Crippen LogP contribution in [-0.4, -0.2) is 55.9 Å². The predicted molar refractivity (Wildman–Crippen MR) is 93.1 cm³/mol. The summed E-state index contributed by atoms with van der Waals surface area (Å²) in [6.45, 7) is 2.85. The lowest BCUT2D eigenvalue weighted by atomic mass is 9.93. The first kappa shape index (κ1) is 15.9. The fraction of sp³-hybridized carbons (Fsp3) is 0.588. The molecule has 2 aromatic rings. The van der Waals surface area contributed by atoms with Gasteiger partial charge in [0.15, 0.2) is 21.2 Å². The molecule has 0 amide bonds. The molecule has 0 saturated carbocycles. The molecule has 0 spiro atoms. The first-order chi connectivity index (χ1) is 11.1. The van der Waals surface area contributed by atoms with E-state index in [9.17, 15) is 8.42 Å². The van der Waals surface area contributed by atoms with Gasteiger partial charge in [-0.2, -0.15) is 0 Å². The Morgan fingerprint density at radius 3 is 2.88 bits per heavy atom. The molecule has 0 N–H and O–H groups in total. The summed E-state index contributed by atoms with van der Waals surface area (Å²) >= 11 is 0. The van der Waals surface area contributed by atoms with E-state index in [-0.39, 0.29) is 19.2 Å². The lowest BCUT2D eigenvalue weighted by Crippen LogP contribution is -2.63. The van der Waals surface area contributed by atoms with Crippen molar-refractivity contribution in [2.24, 2.45) is 0 Å². The molecule has 130 valence electrons. The standard InChI is InChI=1S/C16H19N3O3S.CH4/c20-23(21)10-13-12-5-1-2-7-18(12)8-9-19(13)16-11-4-3-6-14(23)15(11)22-17-16;/h3-4,6,12-13H,1-2,5,7-10H2;1H4/t12-,13?;/m0./s1. The molecule has 5 rings (SSSR count). The van der Waals surface area contributed by atoms with Crippen LogP contribution in [0.2, 0.25) is 0 Å². The van der Waals surface area contributed by atoms with E-state index in [0.29, 0.717) is 16.5 Å². The molecule has 4 bridgehead atoms. The zero-order valence-corrected chi connectivity index (χ0v) is 13.6. The Labute approximate surface area is 142 Å². The van der Waals surface area contributed by atoms with Gasteiger partial charge in [0.2, 0.25) is 0 Å². The molecule has 7 heteroatoms. The van der Waals surface area contributed by atoms with Crippen molar-refractivity contribution in [1.29, 1.82) is 0 Å². The van der Waals surface area contributed by atoms with Crippen LogP contribution in [-0.2, 0) is 9.84 Å². The van der Waals surface area contributed by atoms with Gasteiger partial charge in [0.05, 0.1) is 17.2 Å².